The van der Waals surface area contributed by atoms with Crippen LogP contribution in [0.25, 0.3) is 6.08 Å². The summed E-state index contributed by atoms with van der Waals surface area (Å²) in [6, 6.07) is 8.26. The Morgan fingerprint density at radius 1 is 1.13 bits per heavy atom. The lowest BCUT2D eigenvalue weighted by atomic mass is 10.0. The predicted molar refractivity (Wildman–Crippen MR) is 85.3 cm³/mol. The smallest absolute Gasteiger partial charge is 0.232 e. The number of benzene rings is 2. The molecule has 0 saturated heterocycles. The number of fused-ring (bicyclic) bond motifs is 1. The molecule has 0 fully saturated rings. The molecule has 0 aromatic heterocycles. The van der Waals surface area contributed by atoms with E-state index in [2.05, 4.69) is 0 Å². The van der Waals surface area contributed by atoms with Crippen LogP contribution < -0.4 is 14.2 Å². The summed E-state index contributed by atoms with van der Waals surface area (Å²) in [4.78, 5) is 12.5. The fourth-order valence-electron chi connectivity index (χ4n) is 2.58. The number of rotatable bonds is 3. The van der Waals surface area contributed by atoms with Gasteiger partial charge in [-0.05, 0) is 42.8 Å². The van der Waals surface area contributed by atoms with Gasteiger partial charge in [0.25, 0.3) is 0 Å². The maximum Gasteiger partial charge on any atom is 0.232 e. The molecular weight excluding hydrogens is 296 g/mol. The normalized spacial score (nSPS) is 14.6. The van der Waals surface area contributed by atoms with Crippen molar-refractivity contribution >= 4 is 11.9 Å². The van der Waals surface area contributed by atoms with E-state index < -0.39 is 0 Å². The van der Waals surface area contributed by atoms with E-state index >= 15 is 0 Å². The second-order valence-electron chi connectivity index (χ2n) is 5.18. The monoisotopic (exact) mass is 312 g/mol. The standard InChI is InChI=1S/C18H16O5/c1-10-6-12(19)9-15-17(10)18(20)16(23-15)8-11-7-13(21-2)4-5-14(11)22-3/h4-9,19H,1-3H3. The first-order valence-electron chi connectivity index (χ1n) is 7.03. The zero-order valence-corrected chi connectivity index (χ0v) is 13.0. The largest absolute Gasteiger partial charge is 0.508 e. The maximum absolute atomic E-state index is 12.5. The third-order valence-corrected chi connectivity index (χ3v) is 3.68. The topological polar surface area (TPSA) is 65.0 Å². The van der Waals surface area contributed by atoms with Gasteiger partial charge in [0, 0.05) is 11.6 Å². The van der Waals surface area contributed by atoms with Crippen molar-refractivity contribution in [3.05, 3.63) is 52.8 Å². The average Bonchev–Trinajstić information content (AvgIpc) is 2.83. The Balaban J connectivity index is 2.06. The van der Waals surface area contributed by atoms with Crippen molar-refractivity contribution in [1.82, 2.24) is 0 Å². The third-order valence-electron chi connectivity index (χ3n) is 3.68. The highest BCUT2D eigenvalue weighted by atomic mass is 16.5. The Bertz CT molecular complexity index is 820. The lowest BCUT2D eigenvalue weighted by Gasteiger charge is -2.07. The van der Waals surface area contributed by atoms with Crippen molar-refractivity contribution in [2.75, 3.05) is 14.2 Å². The minimum atomic E-state index is -0.220. The number of carbonyl (C=O) groups excluding carboxylic acids is 1. The van der Waals surface area contributed by atoms with Gasteiger partial charge in [-0.15, -0.1) is 0 Å². The van der Waals surface area contributed by atoms with Crippen LogP contribution in [0.2, 0.25) is 0 Å². The first-order chi connectivity index (χ1) is 11.0. The van der Waals surface area contributed by atoms with Crippen LogP contribution in [0.4, 0.5) is 0 Å². The molecule has 2 aromatic carbocycles. The van der Waals surface area contributed by atoms with Crippen LogP contribution in [0, 0.1) is 6.92 Å². The fraction of sp³-hybridized carbons (Fsp3) is 0.167. The zero-order valence-electron chi connectivity index (χ0n) is 13.0. The second-order valence-corrected chi connectivity index (χ2v) is 5.18. The number of phenols is 1. The molecule has 5 heteroatoms. The molecule has 0 atom stereocenters. The van der Waals surface area contributed by atoms with Crippen molar-refractivity contribution in [3.8, 4) is 23.0 Å². The van der Waals surface area contributed by atoms with E-state index in [1.165, 1.54) is 12.1 Å². The average molecular weight is 312 g/mol. The summed E-state index contributed by atoms with van der Waals surface area (Å²) in [5.41, 5.74) is 1.81. The van der Waals surface area contributed by atoms with E-state index in [0.717, 1.165) is 0 Å². The molecule has 1 aliphatic heterocycles. The Morgan fingerprint density at radius 2 is 1.91 bits per heavy atom. The molecule has 1 aliphatic rings. The summed E-state index contributed by atoms with van der Waals surface area (Å²) < 4.78 is 16.1. The molecule has 2 aromatic rings. The molecule has 0 radical (unpaired) electrons. The van der Waals surface area contributed by atoms with Gasteiger partial charge in [0.15, 0.2) is 5.76 Å². The zero-order chi connectivity index (χ0) is 16.6. The first-order valence-corrected chi connectivity index (χ1v) is 7.03. The van der Waals surface area contributed by atoms with Crippen LogP contribution >= 0.6 is 0 Å². The summed E-state index contributed by atoms with van der Waals surface area (Å²) in [6.45, 7) is 1.76. The van der Waals surface area contributed by atoms with Crippen LogP contribution in [0.15, 0.2) is 36.1 Å². The van der Waals surface area contributed by atoms with Gasteiger partial charge in [0.05, 0.1) is 19.8 Å². The molecule has 0 unspecified atom stereocenters. The number of aromatic hydroxyl groups is 1. The number of phenolic OH excluding ortho intramolecular Hbond substituents is 1. The molecule has 0 saturated carbocycles. The van der Waals surface area contributed by atoms with E-state index in [-0.39, 0.29) is 17.3 Å². The summed E-state index contributed by atoms with van der Waals surface area (Å²) in [6.07, 6.45) is 1.61. The van der Waals surface area contributed by atoms with E-state index in [9.17, 15) is 9.90 Å². The van der Waals surface area contributed by atoms with Gasteiger partial charge < -0.3 is 19.3 Å². The van der Waals surface area contributed by atoms with Crippen LogP contribution in [-0.2, 0) is 0 Å². The number of allylic oxidation sites excluding steroid dienone is 1. The fourth-order valence-corrected chi connectivity index (χ4v) is 2.58. The van der Waals surface area contributed by atoms with Gasteiger partial charge in [0.2, 0.25) is 5.78 Å². The van der Waals surface area contributed by atoms with Crippen LogP contribution in [0.3, 0.4) is 0 Å². The van der Waals surface area contributed by atoms with Crippen LogP contribution in [-0.4, -0.2) is 25.1 Å². The number of hydrogen-bond donors (Lipinski definition) is 1. The number of methoxy groups -OCH3 is 2. The van der Waals surface area contributed by atoms with Gasteiger partial charge in [-0.2, -0.15) is 0 Å². The maximum atomic E-state index is 12.5. The number of ketones is 1. The molecule has 0 amide bonds. The Morgan fingerprint density at radius 3 is 2.61 bits per heavy atom. The molecule has 5 nitrogen and oxygen atoms in total. The number of aryl methyl sites for hydroxylation is 1. The van der Waals surface area contributed by atoms with E-state index in [1.54, 1.807) is 45.4 Å². The minimum Gasteiger partial charge on any atom is -0.508 e. The van der Waals surface area contributed by atoms with Crippen molar-refractivity contribution in [2.45, 2.75) is 6.92 Å². The van der Waals surface area contributed by atoms with Gasteiger partial charge in [-0.3, -0.25) is 4.79 Å². The van der Waals surface area contributed by atoms with Crippen LogP contribution in [0.1, 0.15) is 21.5 Å². The van der Waals surface area contributed by atoms with Gasteiger partial charge >= 0.3 is 0 Å². The second kappa shape index (κ2) is 5.68. The number of hydrogen-bond acceptors (Lipinski definition) is 5. The molecule has 0 aliphatic carbocycles. The van der Waals surface area contributed by atoms with Gasteiger partial charge in [0.1, 0.15) is 23.0 Å². The molecule has 1 N–H and O–H groups in total. The molecule has 118 valence electrons. The SMILES string of the molecule is COc1ccc(OC)c(C=C2Oc3cc(O)cc(C)c3C2=O)c1. The third kappa shape index (κ3) is 2.61. The van der Waals surface area contributed by atoms with Gasteiger partial charge in [-0.1, -0.05) is 0 Å². The highest BCUT2D eigenvalue weighted by Crippen LogP contribution is 2.38. The molecule has 3 rings (SSSR count). The van der Waals surface area contributed by atoms with E-state index in [0.29, 0.717) is 33.9 Å². The van der Waals surface area contributed by atoms with Crippen molar-refractivity contribution < 1.29 is 24.1 Å². The first kappa shape index (κ1) is 15.0. The minimum absolute atomic E-state index is 0.0641. The number of carbonyl (C=O) groups is 1. The number of ether oxygens (including phenoxy) is 3. The number of Topliss-reactive ketones (excluding diaryl/α,β-unsaturated/α-hetero) is 1. The summed E-state index contributed by atoms with van der Waals surface area (Å²) in [5, 5.41) is 9.64. The Hall–Kier alpha value is -2.95. The lowest BCUT2D eigenvalue weighted by molar-refractivity contribution is 0.101. The molecule has 0 spiro atoms. The summed E-state index contributed by atoms with van der Waals surface area (Å²) >= 11 is 0. The molecule has 1 heterocycles. The quantitative estimate of drug-likeness (QED) is 0.881. The van der Waals surface area contributed by atoms with Gasteiger partial charge in [-0.25, -0.2) is 0 Å². The van der Waals surface area contributed by atoms with E-state index in [4.69, 9.17) is 14.2 Å². The predicted octanol–water partition coefficient (Wildman–Crippen LogP) is 3.33. The molecule has 0 bridgehead atoms. The van der Waals surface area contributed by atoms with Crippen LogP contribution in [0.5, 0.6) is 23.0 Å². The van der Waals surface area contributed by atoms with Crippen molar-refractivity contribution in [3.63, 3.8) is 0 Å². The lowest BCUT2D eigenvalue weighted by Crippen LogP contribution is -2.00. The Labute approximate surface area is 133 Å². The molecular formula is C18H16O5. The summed E-state index contributed by atoms with van der Waals surface area (Å²) in [5.74, 6) is 1.64. The van der Waals surface area contributed by atoms with Crippen molar-refractivity contribution in [2.24, 2.45) is 0 Å². The Kier molecular flexibility index (Phi) is 3.70. The highest BCUT2D eigenvalue weighted by Gasteiger charge is 2.30. The highest BCUT2D eigenvalue weighted by molar-refractivity contribution is 6.15. The van der Waals surface area contributed by atoms with E-state index in [1.807, 2.05) is 0 Å². The summed E-state index contributed by atoms with van der Waals surface area (Å²) in [7, 11) is 3.12. The molecule has 23 heavy (non-hydrogen) atoms. The van der Waals surface area contributed by atoms with Crippen molar-refractivity contribution in [1.29, 1.82) is 0 Å².